The van der Waals surface area contributed by atoms with E-state index in [0.29, 0.717) is 6.54 Å². The van der Waals surface area contributed by atoms with Crippen LogP contribution < -0.4 is 24.0 Å². The molecule has 0 aliphatic rings. The lowest BCUT2D eigenvalue weighted by Gasteiger charge is -2.17. The molecular formula is C15H34ClNO6. The highest BCUT2D eigenvalue weighted by molar-refractivity contribution is 4.47. The molecule has 0 heterocycles. The smallest absolute Gasteiger partial charge is 0.202 e. The topological polar surface area (TPSA) is 149 Å². The Bertz CT molecular complexity index is 221. The highest BCUT2D eigenvalue weighted by atomic mass is 35.7. The van der Waals surface area contributed by atoms with Gasteiger partial charge >= 0.3 is 0 Å². The van der Waals surface area contributed by atoms with Gasteiger partial charge in [-0.15, -0.1) is 10.2 Å². The Morgan fingerprint density at radius 3 is 1.43 bits per heavy atom. The van der Waals surface area contributed by atoms with Gasteiger partial charge in [-0.25, -0.2) is 18.6 Å². The van der Waals surface area contributed by atoms with Crippen LogP contribution in [-0.4, -0.2) is 29.6 Å². The number of nitrogens with two attached hydrogens (primary N) is 1. The minimum atomic E-state index is -4.94. The van der Waals surface area contributed by atoms with Gasteiger partial charge in [0.15, 0.2) is 0 Å². The number of quaternary nitrogens is 1. The molecule has 0 bridgehead atoms. The largest absolute Gasteiger partial charge is 0.364 e. The van der Waals surface area contributed by atoms with Crippen LogP contribution in [0.15, 0.2) is 0 Å². The summed E-state index contributed by atoms with van der Waals surface area (Å²) < 4.78 is 34.0. The maximum absolute atomic E-state index is 8.65. The van der Waals surface area contributed by atoms with E-state index in [2.05, 4.69) is 6.92 Å². The van der Waals surface area contributed by atoms with E-state index in [1.807, 2.05) is 5.32 Å². The molecule has 0 atom stereocenters. The number of rotatable bonds is 14. The Hall–Kier alpha value is 0.01000. The Labute approximate surface area is 142 Å². The van der Waals surface area contributed by atoms with Gasteiger partial charge in [-0.1, -0.05) is 64.7 Å². The third kappa shape index (κ3) is 39.1. The molecule has 0 spiro atoms. The van der Waals surface area contributed by atoms with Gasteiger partial charge < -0.3 is 15.5 Å². The fourth-order valence-electron chi connectivity index (χ4n) is 2.22. The van der Waals surface area contributed by atoms with Gasteiger partial charge in [0.2, 0.25) is 6.29 Å². The highest BCUT2D eigenvalue weighted by Crippen LogP contribution is 2.10. The van der Waals surface area contributed by atoms with Gasteiger partial charge in [0, 0.05) is 0 Å². The average molecular weight is 360 g/mol. The summed E-state index contributed by atoms with van der Waals surface area (Å²) in [7, 11) is -4.94. The predicted molar refractivity (Wildman–Crippen MR) is 76.3 cm³/mol. The lowest BCUT2D eigenvalue weighted by Crippen LogP contribution is -2.86. The standard InChI is InChI=1S/C15H33NO2.ClHO4/c1-2-3-4-5-6-7-8-9-10-11-12-13-16-14-15(17)18;2-1(3,4)5/h15-18H,2-14H2,1H3;(H,2,3,4,5). The molecule has 0 saturated heterocycles. The molecule has 0 aromatic carbocycles. The molecule has 8 heteroatoms. The van der Waals surface area contributed by atoms with E-state index in [1.54, 1.807) is 0 Å². The minimum Gasteiger partial charge on any atom is -0.364 e. The fourth-order valence-corrected chi connectivity index (χ4v) is 2.22. The lowest BCUT2D eigenvalue weighted by molar-refractivity contribution is -2.00. The molecule has 0 unspecified atom stereocenters. The molecular weight excluding hydrogens is 326 g/mol. The first kappa shape index (κ1) is 25.3. The van der Waals surface area contributed by atoms with Gasteiger partial charge in [-0.2, -0.15) is 0 Å². The van der Waals surface area contributed by atoms with E-state index >= 15 is 0 Å². The van der Waals surface area contributed by atoms with Crippen molar-refractivity contribution in [1.82, 2.24) is 0 Å². The maximum atomic E-state index is 8.65. The Balaban J connectivity index is 0. The van der Waals surface area contributed by atoms with Crippen molar-refractivity contribution >= 4 is 0 Å². The van der Waals surface area contributed by atoms with Crippen LogP contribution in [0.5, 0.6) is 0 Å². The molecule has 0 aromatic rings. The van der Waals surface area contributed by atoms with Gasteiger partial charge in [0.1, 0.15) is 6.54 Å². The normalized spacial score (nSPS) is 11.5. The molecule has 0 aromatic heterocycles. The molecule has 0 amide bonds. The van der Waals surface area contributed by atoms with Crippen molar-refractivity contribution in [1.29, 1.82) is 0 Å². The highest BCUT2D eigenvalue weighted by Gasteiger charge is 1.98. The first-order valence-corrected chi connectivity index (χ1v) is 9.80. The van der Waals surface area contributed by atoms with E-state index in [4.69, 9.17) is 28.8 Å². The lowest BCUT2D eigenvalue weighted by atomic mass is 10.1. The van der Waals surface area contributed by atoms with E-state index in [9.17, 15) is 0 Å². The third-order valence-electron chi connectivity index (χ3n) is 3.39. The second kappa shape index (κ2) is 18.4. The molecule has 142 valence electrons. The van der Waals surface area contributed by atoms with Crippen molar-refractivity contribution in [3.05, 3.63) is 0 Å². The first-order chi connectivity index (χ1) is 10.8. The van der Waals surface area contributed by atoms with Crippen molar-refractivity contribution < 1.29 is 44.4 Å². The summed E-state index contributed by atoms with van der Waals surface area (Å²) in [6.45, 7) is 3.70. The van der Waals surface area contributed by atoms with Crippen LogP contribution in [0.1, 0.15) is 77.6 Å². The summed E-state index contributed by atoms with van der Waals surface area (Å²) >= 11 is 0. The molecule has 0 aliphatic heterocycles. The summed E-state index contributed by atoms with van der Waals surface area (Å²) in [5.74, 6) is 0. The summed E-state index contributed by atoms with van der Waals surface area (Å²) in [6, 6.07) is 0. The quantitative estimate of drug-likeness (QED) is 0.229. The molecule has 0 saturated carbocycles. The van der Waals surface area contributed by atoms with Crippen molar-refractivity contribution in [2.45, 2.75) is 83.8 Å². The Morgan fingerprint density at radius 2 is 1.09 bits per heavy atom. The average Bonchev–Trinajstić information content (AvgIpc) is 2.42. The fraction of sp³-hybridized carbons (Fsp3) is 1.00. The van der Waals surface area contributed by atoms with E-state index in [-0.39, 0.29) is 0 Å². The molecule has 0 fully saturated rings. The second-order valence-corrected chi connectivity index (χ2v) is 6.46. The number of unbranched alkanes of at least 4 members (excludes halogenated alkanes) is 10. The molecule has 0 aliphatic carbocycles. The van der Waals surface area contributed by atoms with Crippen molar-refractivity contribution in [3.63, 3.8) is 0 Å². The molecule has 7 nitrogen and oxygen atoms in total. The van der Waals surface area contributed by atoms with Gasteiger partial charge in [0.05, 0.1) is 6.54 Å². The third-order valence-corrected chi connectivity index (χ3v) is 3.39. The van der Waals surface area contributed by atoms with Gasteiger partial charge in [0.25, 0.3) is 0 Å². The van der Waals surface area contributed by atoms with E-state index < -0.39 is 16.5 Å². The van der Waals surface area contributed by atoms with Crippen LogP contribution in [0.2, 0.25) is 0 Å². The second-order valence-electron chi connectivity index (χ2n) is 5.71. The van der Waals surface area contributed by atoms with Crippen molar-refractivity contribution in [2.24, 2.45) is 0 Å². The van der Waals surface area contributed by atoms with Gasteiger partial charge in [-0.05, 0) is 12.8 Å². The summed E-state index contributed by atoms with van der Waals surface area (Å²) in [5, 5.41) is 19.3. The summed E-state index contributed by atoms with van der Waals surface area (Å²) in [5.41, 5.74) is 0. The predicted octanol–water partition coefficient (Wildman–Crippen LogP) is -2.58. The number of aliphatic hydroxyl groups excluding tert-OH is 1. The number of hydrogen-bond acceptors (Lipinski definition) is 6. The Morgan fingerprint density at radius 1 is 0.739 bits per heavy atom. The summed E-state index contributed by atoms with van der Waals surface area (Å²) in [4.78, 5) is 0. The molecule has 0 radical (unpaired) electrons. The zero-order valence-corrected chi connectivity index (χ0v) is 15.0. The molecule has 23 heavy (non-hydrogen) atoms. The van der Waals surface area contributed by atoms with E-state index in [1.165, 1.54) is 70.6 Å². The van der Waals surface area contributed by atoms with Gasteiger partial charge in [-0.3, -0.25) is 0 Å². The number of aliphatic hydroxyl groups is 2. The van der Waals surface area contributed by atoms with E-state index in [0.717, 1.165) is 6.54 Å². The molecule has 0 rings (SSSR count). The zero-order valence-electron chi connectivity index (χ0n) is 14.3. The number of hydrogen-bond donors (Lipinski definition) is 3. The minimum absolute atomic E-state index is 0.414. The van der Waals surface area contributed by atoms with Crippen LogP contribution in [0.3, 0.4) is 0 Å². The Kier molecular flexibility index (Phi) is 20.1. The molecule has 4 N–H and O–H groups in total. The van der Waals surface area contributed by atoms with Crippen LogP contribution >= 0.6 is 0 Å². The van der Waals surface area contributed by atoms with Crippen LogP contribution in [-0.2, 0) is 0 Å². The number of halogens is 1. The first-order valence-electron chi connectivity index (χ1n) is 8.57. The van der Waals surface area contributed by atoms with Crippen molar-refractivity contribution in [3.8, 4) is 0 Å². The SMILES string of the molecule is CCCCCCCCCCCCC[NH2+]CC(O)O.[O-][Cl+3]([O-])([O-])[O-]. The van der Waals surface area contributed by atoms with Crippen LogP contribution in [0.25, 0.3) is 0 Å². The summed E-state index contributed by atoms with van der Waals surface area (Å²) in [6.07, 6.45) is 13.8. The van der Waals surface area contributed by atoms with Crippen molar-refractivity contribution in [2.75, 3.05) is 13.1 Å². The van der Waals surface area contributed by atoms with Crippen LogP contribution in [0.4, 0.5) is 0 Å². The monoisotopic (exact) mass is 359 g/mol. The maximum Gasteiger partial charge on any atom is 0.202 e. The zero-order chi connectivity index (χ0) is 18.0. The van der Waals surface area contributed by atoms with Crippen LogP contribution in [0, 0.1) is 10.2 Å².